The van der Waals surface area contributed by atoms with Crippen molar-refractivity contribution in [2.75, 3.05) is 26.1 Å². The Hall–Kier alpha value is 0.01000. The van der Waals surface area contributed by atoms with Gasteiger partial charge in [0.25, 0.3) is 0 Å². The summed E-state index contributed by atoms with van der Waals surface area (Å²) in [6, 6.07) is 0. The van der Waals surface area contributed by atoms with Crippen molar-refractivity contribution in [2.45, 2.75) is 18.2 Å². The van der Waals surface area contributed by atoms with Crippen LogP contribution in [0.2, 0.25) is 0 Å². The van der Waals surface area contributed by atoms with Crippen LogP contribution in [0.15, 0.2) is 0 Å². The molecular formula is C8H15Cl2NO2. The number of carbonyl (C=O) groups is 1. The van der Waals surface area contributed by atoms with E-state index in [1.807, 2.05) is 0 Å². The van der Waals surface area contributed by atoms with Crippen LogP contribution in [0.1, 0.15) is 13.3 Å². The first-order chi connectivity index (χ1) is 6.04. The van der Waals surface area contributed by atoms with Crippen molar-refractivity contribution in [2.24, 2.45) is 0 Å². The summed E-state index contributed by atoms with van der Waals surface area (Å²) in [5.41, 5.74) is 0. The van der Waals surface area contributed by atoms with E-state index in [9.17, 15) is 4.79 Å². The van der Waals surface area contributed by atoms with Crippen molar-refractivity contribution in [3.05, 3.63) is 0 Å². The van der Waals surface area contributed by atoms with Gasteiger partial charge in [-0.25, -0.2) is 0 Å². The lowest BCUT2D eigenvalue weighted by Crippen LogP contribution is -2.42. The van der Waals surface area contributed by atoms with Gasteiger partial charge >= 0.3 is 0 Å². The molecule has 0 bridgehead atoms. The molecule has 0 saturated heterocycles. The maximum absolute atomic E-state index is 11.3. The Morgan fingerprint density at radius 2 is 2.23 bits per heavy atom. The maximum atomic E-state index is 11.3. The molecule has 0 aromatic rings. The molecule has 0 rings (SSSR count). The van der Waals surface area contributed by atoms with E-state index in [4.69, 9.17) is 27.9 Å². The summed E-state index contributed by atoms with van der Waals surface area (Å²) in [4.78, 5) is 10.3. The summed E-state index contributed by atoms with van der Waals surface area (Å²) in [5, 5.41) is 2.67. The third-order valence-corrected chi connectivity index (χ3v) is 2.51. The zero-order valence-electron chi connectivity index (χ0n) is 7.90. The molecule has 0 saturated carbocycles. The normalized spacial score (nSPS) is 15.1. The molecule has 3 nitrogen and oxygen atoms in total. The molecule has 0 aliphatic carbocycles. The highest BCUT2D eigenvalue weighted by Gasteiger charge is 2.28. The molecule has 0 aromatic heterocycles. The maximum Gasteiger partial charge on any atom is 0.242 e. The van der Waals surface area contributed by atoms with Gasteiger partial charge in [0.1, 0.15) is 4.87 Å². The zero-order chi connectivity index (χ0) is 10.3. The third-order valence-electron chi connectivity index (χ3n) is 1.54. The molecule has 1 atom stereocenters. The molecule has 0 aromatic carbocycles. The van der Waals surface area contributed by atoms with Crippen LogP contribution in [-0.4, -0.2) is 36.9 Å². The number of methoxy groups -OCH3 is 1. The summed E-state index contributed by atoms with van der Waals surface area (Å²) in [5.74, 6) is -0.134. The molecule has 78 valence electrons. The number of amides is 1. The smallest absolute Gasteiger partial charge is 0.242 e. The topological polar surface area (TPSA) is 38.3 Å². The van der Waals surface area contributed by atoms with Crippen molar-refractivity contribution in [1.82, 2.24) is 5.32 Å². The first-order valence-corrected chi connectivity index (χ1v) is 4.98. The molecule has 1 N–H and O–H groups in total. The first-order valence-electron chi connectivity index (χ1n) is 4.06. The van der Waals surface area contributed by atoms with Crippen molar-refractivity contribution in [3.8, 4) is 0 Å². The minimum atomic E-state index is -1.01. The average Bonchev–Trinajstić information content (AvgIpc) is 2.12. The van der Waals surface area contributed by atoms with Gasteiger partial charge in [0.05, 0.1) is 5.88 Å². The summed E-state index contributed by atoms with van der Waals surface area (Å²) in [7, 11) is 1.62. The first kappa shape index (κ1) is 13.0. The molecule has 0 unspecified atom stereocenters. The highest BCUT2D eigenvalue weighted by molar-refractivity contribution is 6.39. The molecular weight excluding hydrogens is 213 g/mol. The number of ether oxygens (including phenoxy) is 1. The fourth-order valence-corrected chi connectivity index (χ4v) is 0.852. The third kappa shape index (κ3) is 5.34. The lowest BCUT2D eigenvalue weighted by molar-refractivity contribution is -0.122. The van der Waals surface area contributed by atoms with Gasteiger partial charge in [0, 0.05) is 20.3 Å². The van der Waals surface area contributed by atoms with Gasteiger partial charge < -0.3 is 10.1 Å². The Kier molecular flexibility index (Phi) is 6.47. The van der Waals surface area contributed by atoms with E-state index in [1.165, 1.54) is 0 Å². The Balaban J connectivity index is 3.62. The SMILES string of the molecule is COCCCNC(=O)[C@@](C)(Cl)CCl. The van der Waals surface area contributed by atoms with E-state index in [2.05, 4.69) is 5.32 Å². The average molecular weight is 228 g/mol. The summed E-state index contributed by atoms with van der Waals surface area (Å²) < 4.78 is 4.83. The standard InChI is InChI=1S/C8H15Cl2NO2/c1-8(10,6-9)7(12)11-4-3-5-13-2/h3-6H2,1-2H3,(H,11,12)/t8-/m0/s1. The molecule has 5 heteroatoms. The predicted octanol–water partition coefficient (Wildman–Crippen LogP) is 1.38. The van der Waals surface area contributed by atoms with Gasteiger partial charge in [0.2, 0.25) is 5.91 Å². The Morgan fingerprint density at radius 3 is 2.69 bits per heavy atom. The van der Waals surface area contributed by atoms with E-state index >= 15 is 0 Å². The van der Waals surface area contributed by atoms with Crippen molar-refractivity contribution < 1.29 is 9.53 Å². The lowest BCUT2D eigenvalue weighted by atomic mass is 10.2. The molecule has 0 heterocycles. The van der Waals surface area contributed by atoms with Crippen molar-refractivity contribution in [3.63, 3.8) is 0 Å². The van der Waals surface area contributed by atoms with Crippen LogP contribution in [0.3, 0.4) is 0 Å². The Morgan fingerprint density at radius 1 is 1.62 bits per heavy atom. The molecule has 0 radical (unpaired) electrons. The molecule has 13 heavy (non-hydrogen) atoms. The van der Waals surface area contributed by atoms with Crippen molar-refractivity contribution in [1.29, 1.82) is 0 Å². The number of nitrogens with one attached hydrogen (secondary N) is 1. The van der Waals surface area contributed by atoms with Crippen LogP contribution in [0.5, 0.6) is 0 Å². The molecule has 1 amide bonds. The highest BCUT2D eigenvalue weighted by Crippen LogP contribution is 2.15. The van der Waals surface area contributed by atoms with Gasteiger partial charge in [-0.15, -0.1) is 23.2 Å². The van der Waals surface area contributed by atoms with Crippen LogP contribution in [0, 0.1) is 0 Å². The monoisotopic (exact) mass is 227 g/mol. The fourth-order valence-electron chi connectivity index (χ4n) is 0.663. The number of alkyl halides is 2. The summed E-state index contributed by atoms with van der Waals surface area (Å²) in [6.45, 7) is 2.78. The number of rotatable bonds is 6. The number of carbonyl (C=O) groups excluding carboxylic acids is 1. The fraction of sp³-hybridized carbons (Fsp3) is 0.875. The molecule has 0 fully saturated rings. The van der Waals surface area contributed by atoms with Crippen LogP contribution in [0.25, 0.3) is 0 Å². The van der Waals surface area contributed by atoms with Crippen LogP contribution in [-0.2, 0) is 9.53 Å². The Labute approximate surface area is 88.7 Å². The number of halogens is 2. The molecule has 0 aliphatic heterocycles. The second kappa shape index (κ2) is 6.46. The van der Waals surface area contributed by atoms with Gasteiger partial charge in [-0.3, -0.25) is 4.79 Å². The zero-order valence-corrected chi connectivity index (χ0v) is 9.41. The van der Waals surface area contributed by atoms with Crippen LogP contribution >= 0.6 is 23.2 Å². The van der Waals surface area contributed by atoms with Crippen molar-refractivity contribution >= 4 is 29.1 Å². The van der Waals surface area contributed by atoms with E-state index in [-0.39, 0.29) is 11.8 Å². The number of hydrogen-bond acceptors (Lipinski definition) is 2. The van der Waals surface area contributed by atoms with E-state index in [0.29, 0.717) is 13.2 Å². The number of hydrogen-bond donors (Lipinski definition) is 1. The van der Waals surface area contributed by atoms with Crippen LogP contribution < -0.4 is 5.32 Å². The predicted molar refractivity (Wildman–Crippen MR) is 54.5 cm³/mol. The molecule has 0 aliphatic rings. The Bertz CT molecular complexity index is 162. The van der Waals surface area contributed by atoms with Gasteiger partial charge in [0.15, 0.2) is 0 Å². The summed E-state index contributed by atoms with van der Waals surface area (Å²) in [6.07, 6.45) is 0.775. The minimum absolute atomic E-state index is 0.102. The lowest BCUT2D eigenvalue weighted by Gasteiger charge is -2.17. The summed E-state index contributed by atoms with van der Waals surface area (Å²) >= 11 is 11.3. The molecule has 0 spiro atoms. The largest absolute Gasteiger partial charge is 0.385 e. The van der Waals surface area contributed by atoms with E-state index in [1.54, 1.807) is 14.0 Å². The van der Waals surface area contributed by atoms with Gasteiger partial charge in [-0.2, -0.15) is 0 Å². The van der Waals surface area contributed by atoms with Crippen LogP contribution in [0.4, 0.5) is 0 Å². The quantitative estimate of drug-likeness (QED) is 0.550. The van der Waals surface area contributed by atoms with E-state index in [0.717, 1.165) is 6.42 Å². The second-order valence-corrected chi connectivity index (χ2v) is 4.03. The van der Waals surface area contributed by atoms with E-state index < -0.39 is 4.87 Å². The van der Waals surface area contributed by atoms with Gasteiger partial charge in [-0.1, -0.05) is 0 Å². The van der Waals surface area contributed by atoms with Gasteiger partial charge in [-0.05, 0) is 13.3 Å². The highest BCUT2D eigenvalue weighted by atomic mass is 35.5. The minimum Gasteiger partial charge on any atom is -0.385 e. The second-order valence-electron chi connectivity index (χ2n) is 2.93.